The molecule has 0 atom stereocenters. The highest BCUT2D eigenvalue weighted by Gasteiger charge is 2.18. The minimum atomic E-state index is -3.38. The monoisotopic (exact) mass is 309 g/mol. The van der Waals surface area contributed by atoms with Gasteiger partial charge in [-0.3, -0.25) is 4.79 Å². The molecule has 0 saturated carbocycles. The third kappa shape index (κ3) is 7.95. The number of carboxylic acid groups (broad SMARTS) is 1. The largest absolute Gasteiger partial charge is 0.481 e. The molecule has 20 heavy (non-hydrogen) atoms. The van der Waals surface area contributed by atoms with E-state index in [9.17, 15) is 18.0 Å². The molecule has 8 nitrogen and oxygen atoms in total. The van der Waals surface area contributed by atoms with Crippen molar-refractivity contribution in [2.75, 3.05) is 25.4 Å². The molecule has 3 N–H and O–H groups in total. The lowest BCUT2D eigenvalue weighted by atomic mass is 10.3. The molecule has 9 heteroatoms. The van der Waals surface area contributed by atoms with Crippen molar-refractivity contribution in [3.05, 3.63) is 0 Å². The fourth-order valence-corrected chi connectivity index (χ4v) is 2.45. The fraction of sp³-hybridized carbons (Fsp3) is 0.818. The quantitative estimate of drug-likeness (QED) is 0.546. The molecule has 0 spiro atoms. The SMILES string of the molecule is CCNS(=O)(=O)CCNC(=O)N(CCC(=O)O)C(C)C. The average Bonchev–Trinajstić information content (AvgIpc) is 2.27. The van der Waals surface area contributed by atoms with Crippen molar-refractivity contribution in [2.45, 2.75) is 33.2 Å². The molecule has 0 radical (unpaired) electrons. The summed E-state index contributed by atoms with van der Waals surface area (Å²) in [6, 6.07) is -0.632. The molecule has 118 valence electrons. The third-order valence-electron chi connectivity index (χ3n) is 2.46. The Labute approximate surface area is 119 Å². The van der Waals surface area contributed by atoms with E-state index in [0.29, 0.717) is 6.54 Å². The van der Waals surface area contributed by atoms with E-state index in [4.69, 9.17) is 5.11 Å². The van der Waals surface area contributed by atoms with Crippen molar-refractivity contribution in [3.8, 4) is 0 Å². The summed E-state index contributed by atoms with van der Waals surface area (Å²) in [4.78, 5) is 23.7. The van der Waals surface area contributed by atoms with Gasteiger partial charge in [0.1, 0.15) is 0 Å². The van der Waals surface area contributed by atoms with E-state index in [1.54, 1.807) is 20.8 Å². The molecule has 0 heterocycles. The van der Waals surface area contributed by atoms with Crippen LogP contribution in [-0.4, -0.2) is 61.9 Å². The number of hydrogen-bond donors (Lipinski definition) is 3. The summed E-state index contributed by atoms with van der Waals surface area (Å²) in [5.74, 6) is -1.20. The van der Waals surface area contributed by atoms with Crippen LogP contribution in [0, 0.1) is 0 Å². The molecule has 0 aliphatic carbocycles. The molecule has 0 saturated heterocycles. The number of nitrogens with one attached hydrogen (secondary N) is 2. The van der Waals surface area contributed by atoms with Gasteiger partial charge in [0.2, 0.25) is 10.0 Å². The first-order valence-corrected chi connectivity index (χ1v) is 8.08. The van der Waals surface area contributed by atoms with Crippen LogP contribution in [0.1, 0.15) is 27.2 Å². The van der Waals surface area contributed by atoms with E-state index in [-0.39, 0.29) is 31.3 Å². The van der Waals surface area contributed by atoms with Crippen molar-refractivity contribution in [2.24, 2.45) is 0 Å². The minimum Gasteiger partial charge on any atom is -0.481 e. The third-order valence-corrected chi connectivity index (χ3v) is 3.93. The first kappa shape index (κ1) is 18.7. The second kappa shape index (κ2) is 8.75. The summed E-state index contributed by atoms with van der Waals surface area (Å²) >= 11 is 0. The van der Waals surface area contributed by atoms with Crippen LogP contribution in [0.2, 0.25) is 0 Å². The Morgan fingerprint density at radius 1 is 1.30 bits per heavy atom. The Balaban J connectivity index is 4.30. The van der Waals surface area contributed by atoms with Crippen LogP contribution < -0.4 is 10.0 Å². The van der Waals surface area contributed by atoms with E-state index in [1.165, 1.54) is 4.90 Å². The van der Waals surface area contributed by atoms with Crippen molar-refractivity contribution < 1.29 is 23.1 Å². The van der Waals surface area contributed by atoms with Crippen LogP contribution >= 0.6 is 0 Å². The predicted molar refractivity (Wildman–Crippen MR) is 75.0 cm³/mol. The number of carbonyl (C=O) groups is 2. The van der Waals surface area contributed by atoms with Gasteiger partial charge >= 0.3 is 12.0 Å². The summed E-state index contributed by atoms with van der Waals surface area (Å²) in [5.41, 5.74) is 0. The van der Waals surface area contributed by atoms with Gasteiger partial charge in [-0.15, -0.1) is 0 Å². The number of carboxylic acids is 1. The van der Waals surface area contributed by atoms with Crippen LogP contribution in [0.4, 0.5) is 4.79 Å². The molecular weight excluding hydrogens is 286 g/mol. The fourth-order valence-electron chi connectivity index (χ4n) is 1.50. The molecule has 0 fully saturated rings. The summed E-state index contributed by atoms with van der Waals surface area (Å²) in [5, 5.41) is 11.1. The molecule has 0 aromatic rings. The zero-order valence-electron chi connectivity index (χ0n) is 12.0. The molecule has 0 aliphatic rings. The van der Waals surface area contributed by atoms with Crippen molar-refractivity contribution in [1.82, 2.24) is 14.9 Å². The number of amides is 2. The number of sulfonamides is 1. The second-order valence-electron chi connectivity index (χ2n) is 4.48. The number of carbonyl (C=O) groups excluding carboxylic acids is 1. The van der Waals surface area contributed by atoms with E-state index in [2.05, 4.69) is 10.0 Å². The Morgan fingerprint density at radius 3 is 2.35 bits per heavy atom. The Hall–Kier alpha value is -1.35. The highest BCUT2D eigenvalue weighted by molar-refractivity contribution is 7.89. The zero-order valence-corrected chi connectivity index (χ0v) is 12.9. The van der Waals surface area contributed by atoms with Gasteiger partial charge in [-0.2, -0.15) is 0 Å². The van der Waals surface area contributed by atoms with Crippen molar-refractivity contribution >= 4 is 22.0 Å². The van der Waals surface area contributed by atoms with E-state index in [1.807, 2.05) is 0 Å². The van der Waals surface area contributed by atoms with Gasteiger partial charge in [0.05, 0.1) is 12.2 Å². The van der Waals surface area contributed by atoms with E-state index >= 15 is 0 Å². The van der Waals surface area contributed by atoms with Crippen LogP contribution in [0.3, 0.4) is 0 Å². The van der Waals surface area contributed by atoms with E-state index < -0.39 is 22.0 Å². The van der Waals surface area contributed by atoms with Crippen LogP contribution in [0.15, 0.2) is 0 Å². The maximum Gasteiger partial charge on any atom is 0.317 e. The van der Waals surface area contributed by atoms with Crippen molar-refractivity contribution in [3.63, 3.8) is 0 Å². The predicted octanol–water partition coefficient (Wildman–Crippen LogP) is -0.180. The number of nitrogens with zero attached hydrogens (tertiary/aromatic N) is 1. The highest BCUT2D eigenvalue weighted by atomic mass is 32.2. The Bertz CT molecular complexity index is 422. The first-order chi connectivity index (χ1) is 9.19. The maximum atomic E-state index is 11.8. The lowest BCUT2D eigenvalue weighted by Crippen LogP contribution is -2.46. The molecule has 0 rings (SSSR count). The lowest BCUT2D eigenvalue weighted by Gasteiger charge is -2.26. The van der Waals surface area contributed by atoms with Crippen LogP contribution in [0.25, 0.3) is 0 Å². The summed E-state index contributed by atoms with van der Waals surface area (Å²) in [6.07, 6.45) is -0.151. The Kier molecular flexibility index (Phi) is 8.16. The van der Waals surface area contributed by atoms with Crippen molar-refractivity contribution in [1.29, 1.82) is 0 Å². The molecule has 2 amide bonds. The van der Waals surface area contributed by atoms with Gasteiger partial charge in [0.15, 0.2) is 0 Å². The van der Waals surface area contributed by atoms with Gasteiger partial charge in [0.25, 0.3) is 0 Å². The van der Waals surface area contributed by atoms with Gasteiger partial charge < -0.3 is 15.3 Å². The highest BCUT2D eigenvalue weighted by Crippen LogP contribution is 2.00. The molecule has 0 aliphatic heterocycles. The number of rotatable bonds is 9. The molecular formula is C11H23N3O5S. The second-order valence-corrected chi connectivity index (χ2v) is 6.41. The van der Waals surface area contributed by atoms with Crippen LogP contribution in [0.5, 0.6) is 0 Å². The Morgan fingerprint density at radius 2 is 1.90 bits per heavy atom. The summed E-state index contributed by atoms with van der Waals surface area (Å²) in [6.45, 7) is 5.55. The normalized spacial score (nSPS) is 11.4. The van der Waals surface area contributed by atoms with Gasteiger partial charge in [-0.1, -0.05) is 6.92 Å². The topological polar surface area (TPSA) is 116 Å². The van der Waals surface area contributed by atoms with Crippen LogP contribution in [-0.2, 0) is 14.8 Å². The number of aliphatic carboxylic acids is 1. The minimum absolute atomic E-state index is 0.0234. The molecule has 0 unspecified atom stereocenters. The lowest BCUT2D eigenvalue weighted by molar-refractivity contribution is -0.137. The first-order valence-electron chi connectivity index (χ1n) is 6.43. The van der Waals surface area contributed by atoms with Gasteiger partial charge in [-0.25, -0.2) is 17.9 Å². The standard InChI is InChI=1S/C11H23N3O5S/c1-4-13-20(18,19)8-6-12-11(17)14(9(2)3)7-5-10(15)16/h9,13H,4-8H2,1-3H3,(H,12,17)(H,15,16). The van der Waals surface area contributed by atoms with Gasteiger partial charge in [-0.05, 0) is 13.8 Å². The van der Waals surface area contributed by atoms with Gasteiger partial charge in [0, 0.05) is 25.7 Å². The molecule has 0 bridgehead atoms. The summed E-state index contributed by atoms with van der Waals surface area (Å²) in [7, 11) is -3.38. The maximum absolute atomic E-state index is 11.8. The molecule has 0 aromatic carbocycles. The average molecular weight is 309 g/mol. The van der Waals surface area contributed by atoms with E-state index in [0.717, 1.165) is 0 Å². The smallest absolute Gasteiger partial charge is 0.317 e. The summed E-state index contributed by atoms with van der Waals surface area (Å²) < 4.78 is 25.1. The number of urea groups is 1. The zero-order chi connectivity index (χ0) is 15.8. The molecule has 0 aromatic heterocycles. The number of hydrogen-bond acceptors (Lipinski definition) is 4.